The van der Waals surface area contributed by atoms with Crippen molar-refractivity contribution >= 4 is 5.84 Å². The molecule has 3 N–H and O–H groups in total. The zero-order valence-corrected chi connectivity index (χ0v) is 8.25. The van der Waals surface area contributed by atoms with Crippen LogP contribution in [0.2, 0.25) is 0 Å². The van der Waals surface area contributed by atoms with Gasteiger partial charge in [-0.3, -0.25) is 4.99 Å². The Bertz CT molecular complexity index is 164. The second-order valence-corrected chi connectivity index (χ2v) is 3.27. The number of nitrogens with two attached hydrogens (primary N) is 1. The lowest BCUT2D eigenvalue weighted by atomic mass is 10.1. The molecule has 1 heterocycles. The van der Waals surface area contributed by atoms with Crippen molar-refractivity contribution < 1.29 is 4.74 Å². The van der Waals surface area contributed by atoms with Gasteiger partial charge < -0.3 is 10.2 Å². The van der Waals surface area contributed by atoms with Crippen LogP contribution < -0.4 is 11.3 Å². The highest BCUT2D eigenvalue weighted by molar-refractivity contribution is 5.86. The number of hydrogen-bond donors (Lipinski definition) is 2. The summed E-state index contributed by atoms with van der Waals surface area (Å²) in [6, 6.07) is 0. The quantitative estimate of drug-likeness (QED) is 0.296. The van der Waals surface area contributed by atoms with E-state index in [0.717, 1.165) is 38.2 Å². The SMILES string of the molecule is CCCN=C(NN)C1CCCCO1. The monoisotopic (exact) mass is 185 g/mol. The van der Waals surface area contributed by atoms with Gasteiger partial charge in [-0.2, -0.15) is 0 Å². The Morgan fingerprint density at radius 1 is 1.62 bits per heavy atom. The molecule has 1 rings (SSSR count). The third-order valence-electron chi connectivity index (χ3n) is 2.14. The van der Waals surface area contributed by atoms with Gasteiger partial charge in [-0.05, 0) is 25.7 Å². The van der Waals surface area contributed by atoms with E-state index in [0.29, 0.717) is 0 Å². The average molecular weight is 185 g/mol. The number of aliphatic imine (C=N–C) groups is 1. The summed E-state index contributed by atoms with van der Waals surface area (Å²) in [4.78, 5) is 4.34. The first-order chi connectivity index (χ1) is 6.38. The first-order valence-electron chi connectivity index (χ1n) is 5.01. The molecule has 1 unspecified atom stereocenters. The van der Waals surface area contributed by atoms with Crippen molar-refractivity contribution in [2.45, 2.75) is 38.7 Å². The van der Waals surface area contributed by atoms with Crippen LogP contribution in [0.1, 0.15) is 32.6 Å². The molecule has 0 spiro atoms. The Hall–Kier alpha value is -0.610. The standard InChI is InChI=1S/C9H19N3O/c1-2-6-11-9(12-10)8-5-3-4-7-13-8/h8H,2-7,10H2,1H3,(H,11,12). The van der Waals surface area contributed by atoms with E-state index >= 15 is 0 Å². The average Bonchev–Trinajstić information content (AvgIpc) is 2.21. The van der Waals surface area contributed by atoms with E-state index in [1.807, 2.05) is 0 Å². The van der Waals surface area contributed by atoms with Crippen molar-refractivity contribution in [3.05, 3.63) is 0 Å². The van der Waals surface area contributed by atoms with E-state index in [1.165, 1.54) is 6.42 Å². The molecule has 1 aliphatic rings. The first-order valence-corrected chi connectivity index (χ1v) is 5.01. The minimum absolute atomic E-state index is 0.102. The minimum Gasteiger partial charge on any atom is -0.370 e. The number of nitrogens with zero attached hydrogens (tertiary/aromatic N) is 1. The van der Waals surface area contributed by atoms with Crippen LogP contribution in [0.5, 0.6) is 0 Å². The summed E-state index contributed by atoms with van der Waals surface area (Å²) < 4.78 is 5.55. The van der Waals surface area contributed by atoms with Crippen LogP contribution in [0.3, 0.4) is 0 Å². The summed E-state index contributed by atoms with van der Waals surface area (Å²) in [6.45, 7) is 3.75. The van der Waals surface area contributed by atoms with Gasteiger partial charge in [0.05, 0.1) is 0 Å². The Morgan fingerprint density at radius 3 is 3.00 bits per heavy atom. The molecule has 0 aromatic carbocycles. The molecule has 13 heavy (non-hydrogen) atoms. The van der Waals surface area contributed by atoms with Crippen LogP contribution in [0.15, 0.2) is 4.99 Å². The van der Waals surface area contributed by atoms with E-state index in [4.69, 9.17) is 10.6 Å². The predicted octanol–water partition coefficient (Wildman–Crippen LogP) is 0.827. The van der Waals surface area contributed by atoms with Gasteiger partial charge in [-0.25, -0.2) is 5.84 Å². The maximum absolute atomic E-state index is 5.55. The fraction of sp³-hybridized carbons (Fsp3) is 0.889. The predicted molar refractivity (Wildman–Crippen MR) is 53.5 cm³/mol. The largest absolute Gasteiger partial charge is 0.370 e. The molecule has 0 aliphatic carbocycles. The molecule has 0 aromatic rings. The summed E-state index contributed by atoms with van der Waals surface area (Å²) in [5.41, 5.74) is 2.63. The van der Waals surface area contributed by atoms with Crippen LogP contribution in [-0.4, -0.2) is 25.1 Å². The third-order valence-corrected chi connectivity index (χ3v) is 2.14. The van der Waals surface area contributed by atoms with Crippen LogP contribution in [-0.2, 0) is 4.74 Å². The maximum Gasteiger partial charge on any atom is 0.140 e. The van der Waals surface area contributed by atoms with Gasteiger partial charge in [0.1, 0.15) is 11.9 Å². The summed E-state index contributed by atoms with van der Waals surface area (Å²) in [5.74, 6) is 6.19. The summed E-state index contributed by atoms with van der Waals surface area (Å²) in [5, 5.41) is 0. The van der Waals surface area contributed by atoms with Gasteiger partial charge >= 0.3 is 0 Å². The molecule has 1 fully saturated rings. The van der Waals surface area contributed by atoms with Crippen LogP contribution in [0, 0.1) is 0 Å². The van der Waals surface area contributed by atoms with Crippen LogP contribution in [0.4, 0.5) is 0 Å². The number of amidine groups is 1. The summed E-state index contributed by atoms with van der Waals surface area (Å²) in [7, 11) is 0. The van der Waals surface area contributed by atoms with E-state index < -0.39 is 0 Å². The smallest absolute Gasteiger partial charge is 0.140 e. The lowest BCUT2D eigenvalue weighted by molar-refractivity contribution is 0.0563. The molecule has 4 heteroatoms. The highest BCUT2D eigenvalue weighted by Crippen LogP contribution is 2.13. The van der Waals surface area contributed by atoms with Gasteiger partial charge in [0.2, 0.25) is 0 Å². The third kappa shape index (κ3) is 3.32. The molecule has 1 aliphatic heterocycles. The van der Waals surface area contributed by atoms with E-state index in [1.54, 1.807) is 0 Å². The zero-order chi connectivity index (χ0) is 9.52. The molecular formula is C9H19N3O. The van der Waals surface area contributed by atoms with Crippen molar-refractivity contribution in [3.8, 4) is 0 Å². The summed E-state index contributed by atoms with van der Waals surface area (Å²) in [6.07, 6.45) is 4.54. The fourth-order valence-corrected chi connectivity index (χ4v) is 1.43. The van der Waals surface area contributed by atoms with Gasteiger partial charge in [0.15, 0.2) is 0 Å². The Morgan fingerprint density at radius 2 is 2.46 bits per heavy atom. The van der Waals surface area contributed by atoms with Crippen molar-refractivity contribution in [1.29, 1.82) is 0 Å². The van der Waals surface area contributed by atoms with Crippen LogP contribution >= 0.6 is 0 Å². The molecule has 1 saturated heterocycles. The molecule has 0 radical (unpaired) electrons. The molecule has 76 valence electrons. The molecule has 0 saturated carbocycles. The van der Waals surface area contributed by atoms with E-state index in [2.05, 4.69) is 17.3 Å². The molecule has 0 aromatic heterocycles. The van der Waals surface area contributed by atoms with Gasteiger partial charge in [0.25, 0.3) is 0 Å². The van der Waals surface area contributed by atoms with Crippen molar-refractivity contribution in [2.75, 3.05) is 13.2 Å². The Balaban J connectivity index is 2.43. The number of nitrogens with one attached hydrogen (secondary N) is 1. The van der Waals surface area contributed by atoms with Crippen molar-refractivity contribution in [1.82, 2.24) is 5.43 Å². The number of hydrazine groups is 1. The highest BCUT2D eigenvalue weighted by Gasteiger charge is 2.18. The lowest BCUT2D eigenvalue weighted by Crippen LogP contribution is -2.42. The van der Waals surface area contributed by atoms with Crippen molar-refractivity contribution in [2.24, 2.45) is 10.8 Å². The number of rotatable bonds is 3. The summed E-state index contributed by atoms with van der Waals surface area (Å²) >= 11 is 0. The molecule has 0 bridgehead atoms. The number of ether oxygens (including phenoxy) is 1. The molecule has 0 amide bonds. The van der Waals surface area contributed by atoms with E-state index in [9.17, 15) is 0 Å². The van der Waals surface area contributed by atoms with Gasteiger partial charge in [-0.15, -0.1) is 0 Å². The second kappa shape index (κ2) is 5.94. The lowest BCUT2D eigenvalue weighted by Gasteiger charge is -2.23. The van der Waals surface area contributed by atoms with Crippen LogP contribution in [0.25, 0.3) is 0 Å². The second-order valence-electron chi connectivity index (χ2n) is 3.27. The molecule has 4 nitrogen and oxygen atoms in total. The zero-order valence-electron chi connectivity index (χ0n) is 8.25. The molecular weight excluding hydrogens is 166 g/mol. The topological polar surface area (TPSA) is 59.6 Å². The fourth-order valence-electron chi connectivity index (χ4n) is 1.43. The normalized spacial score (nSPS) is 24.5. The first kappa shape index (κ1) is 10.5. The highest BCUT2D eigenvalue weighted by atomic mass is 16.5. The maximum atomic E-state index is 5.55. The van der Waals surface area contributed by atoms with Gasteiger partial charge in [0, 0.05) is 13.2 Å². The molecule has 1 atom stereocenters. The van der Waals surface area contributed by atoms with E-state index in [-0.39, 0.29) is 6.10 Å². The number of hydrogen-bond acceptors (Lipinski definition) is 3. The van der Waals surface area contributed by atoms with Crippen molar-refractivity contribution in [3.63, 3.8) is 0 Å². The van der Waals surface area contributed by atoms with Gasteiger partial charge in [-0.1, -0.05) is 6.92 Å². The minimum atomic E-state index is 0.102. The Kier molecular flexibility index (Phi) is 4.78. The Labute approximate surface area is 79.5 Å².